The lowest BCUT2D eigenvalue weighted by molar-refractivity contribution is -0.129. The van der Waals surface area contributed by atoms with Crippen LogP contribution in [-0.2, 0) is 16.0 Å². The van der Waals surface area contributed by atoms with Crippen molar-refractivity contribution >= 4 is 62.7 Å². The summed E-state index contributed by atoms with van der Waals surface area (Å²) in [5.41, 5.74) is 2.20. The van der Waals surface area contributed by atoms with Gasteiger partial charge in [-0.3, -0.25) is 14.5 Å². The number of amides is 2. The van der Waals surface area contributed by atoms with Crippen molar-refractivity contribution in [2.75, 3.05) is 38.3 Å². The van der Waals surface area contributed by atoms with E-state index in [0.717, 1.165) is 29.2 Å². The molecule has 32 heavy (non-hydrogen) atoms. The Morgan fingerprint density at radius 3 is 2.38 bits per heavy atom. The molecule has 0 bridgehead atoms. The summed E-state index contributed by atoms with van der Waals surface area (Å²) in [6.07, 6.45) is 1.98. The SMILES string of the molecule is CN(C#N)C(=O)C(Cc1cc(I)c(O)c(I)c1)NC(=O)c1ccc(N2CCOCC2)cc1. The summed E-state index contributed by atoms with van der Waals surface area (Å²) in [7, 11) is 1.36. The number of likely N-dealkylation sites (N-methyl/N-ethyl adjacent to an activating group) is 1. The van der Waals surface area contributed by atoms with Gasteiger partial charge in [-0.05, 0) is 87.1 Å². The van der Waals surface area contributed by atoms with Crippen LogP contribution >= 0.6 is 45.2 Å². The van der Waals surface area contributed by atoms with E-state index < -0.39 is 17.9 Å². The lowest BCUT2D eigenvalue weighted by Gasteiger charge is -2.29. The molecule has 1 aliphatic rings. The molecule has 8 nitrogen and oxygen atoms in total. The van der Waals surface area contributed by atoms with Crippen LogP contribution in [0.15, 0.2) is 36.4 Å². The van der Waals surface area contributed by atoms with Crippen LogP contribution in [0.2, 0.25) is 0 Å². The summed E-state index contributed by atoms with van der Waals surface area (Å²) in [5.74, 6) is -0.730. The molecule has 1 fully saturated rings. The first-order valence-electron chi connectivity index (χ1n) is 9.88. The number of carbonyl (C=O) groups excluding carboxylic acids is 2. The predicted octanol–water partition coefficient (Wildman–Crippen LogP) is 2.72. The van der Waals surface area contributed by atoms with Gasteiger partial charge in [0.25, 0.3) is 11.8 Å². The second kappa shape index (κ2) is 11.2. The minimum atomic E-state index is -0.929. The zero-order chi connectivity index (χ0) is 23.3. The Morgan fingerprint density at radius 1 is 1.22 bits per heavy atom. The Morgan fingerprint density at radius 2 is 1.81 bits per heavy atom. The number of benzene rings is 2. The molecule has 0 aliphatic carbocycles. The minimum absolute atomic E-state index is 0.177. The molecule has 2 aromatic carbocycles. The van der Waals surface area contributed by atoms with E-state index in [1.54, 1.807) is 30.5 Å². The monoisotopic (exact) mass is 660 g/mol. The minimum Gasteiger partial charge on any atom is -0.506 e. The molecule has 3 rings (SSSR count). The summed E-state index contributed by atoms with van der Waals surface area (Å²) in [6.45, 7) is 2.95. The van der Waals surface area contributed by atoms with E-state index in [0.29, 0.717) is 25.9 Å². The summed E-state index contributed by atoms with van der Waals surface area (Å²) in [5, 5.41) is 21.9. The Labute approximate surface area is 213 Å². The number of hydrogen-bond donors (Lipinski definition) is 2. The summed E-state index contributed by atoms with van der Waals surface area (Å²) in [4.78, 5) is 28.7. The van der Waals surface area contributed by atoms with Crippen LogP contribution < -0.4 is 10.2 Å². The van der Waals surface area contributed by atoms with Crippen LogP contribution in [0, 0.1) is 18.6 Å². The number of anilines is 1. The Balaban J connectivity index is 1.77. The third-order valence-electron chi connectivity index (χ3n) is 5.11. The molecule has 0 aromatic heterocycles. The molecule has 2 amide bonds. The highest BCUT2D eigenvalue weighted by Crippen LogP contribution is 2.28. The summed E-state index contributed by atoms with van der Waals surface area (Å²) in [6, 6.07) is 9.79. The number of rotatable bonds is 6. The van der Waals surface area contributed by atoms with Gasteiger partial charge >= 0.3 is 0 Å². The second-order valence-corrected chi connectivity index (χ2v) is 9.61. The Bertz CT molecular complexity index is 1010. The van der Waals surface area contributed by atoms with Crippen LogP contribution in [0.4, 0.5) is 5.69 Å². The maximum Gasteiger partial charge on any atom is 0.258 e. The number of ether oxygens (including phenoxy) is 1. The van der Waals surface area contributed by atoms with E-state index in [1.807, 2.05) is 57.3 Å². The van der Waals surface area contributed by atoms with Crippen LogP contribution in [0.1, 0.15) is 15.9 Å². The molecule has 10 heteroatoms. The normalized spacial score (nSPS) is 14.4. The molecule has 1 atom stereocenters. The number of morpholine rings is 1. The molecule has 1 heterocycles. The quantitative estimate of drug-likeness (QED) is 0.281. The van der Waals surface area contributed by atoms with Crippen LogP contribution in [0.25, 0.3) is 0 Å². The highest BCUT2D eigenvalue weighted by atomic mass is 127. The first kappa shape index (κ1) is 24.5. The topological polar surface area (TPSA) is 106 Å². The molecular weight excluding hydrogens is 638 g/mol. The fourth-order valence-electron chi connectivity index (χ4n) is 3.34. The molecule has 1 aliphatic heterocycles. The number of aromatic hydroxyl groups is 1. The lowest BCUT2D eigenvalue weighted by atomic mass is 10.0. The van der Waals surface area contributed by atoms with Gasteiger partial charge in [0.2, 0.25) is 0 Å². The third-order valence-corrected chi connectivity index (χ3v) is 6.75. The van der Waals surface area contributed by atoms with E-state index in [-0.39, 0.29) is 12.2 Å². The lowest BCUT2D eigenvalue weighted by Crippen LogP contribution is -2.47. The number of halogens is 2. The number of hydrogen-bond acceptors (Lipinski definition) is 6. The van der Waals surface area contributed by atoms with Crippen LogP contribution in [0.5, 0.6) is 5.75 Å². The zero-order valence-corrected chi connectivity index (χ0v) is 21.7. The molecule has 0 spiro atoms. The molecule has 0 saturated carbocycles. The van der Waals surface area contributed by atoms with Gasteiger partial charge in [0.15, 0.2) is 6.19 Å². The van der Waals surface area contributed by atoms with E-state index in [9.17, 15) is 14.7 Å². The predicted molar refractivity (Wildman–Crippen MR) is 136 cm³/mol. The van der Waals surface area contributed by atoms with Gasteiger partial charge < -0.3 is 20.1 Å². The zero-order valence-electron chi connectivity index (χ0n) is 17.3. The van der Waals surface area contributed by atoms with Gasteiger partial charge in [0, 0.05) is 37.8 Å². The number of nitrogens with one attached hydrogen (secondary N) is 1. The summed E-state index contributed by atoms with van der Waals surface area (Å²) >= 11 is 4.03. The first-order valence-corrected chi connectivity index (χ1v) is 12.0. The maximum absolute atomic E-state index is 12.9. The first-order chi connectivity index (χ1) is 15.3. The third kappa shape index (κ3) is 6.02. The second-order valence-electron chi connectivity index (χ2n) is 7.28. The van der Waals surface area contributed by atoms with Crippen molar-refractivity contribution in [1.29, 1.82) is 5.26 Å². The number of nitrogens with zero attached hydrogens (tertiary/aromatic N) is 3. The Kier molecular flexibility index (Phi) is 8.55. The Hall–Kier alpha value is -2.11. The van der Waals surface area contributed by atoms with E-state index in [2.05, 4.69) is 10.2 Å². The average molecular weight is 660 g/mol. The van der Waals surface area contributed by atoms with Crippen molar-refractivity contribution in [3.63, 3.8) is 0 Å². The van der Waals surface area contributed by atoms with Gasteiger partial charge in [-0.15, -0.1) is 0 Å². The van der Waals surface area contributed by atoms with Gasteiger partial charge in [0.1, 0.15) is 11.8 Å². The fourth-order valence-corrected chi connectivity index (χ4v) is 5.24. The smallest absolute Gasteiger partial charge is 0.258 e. The maximum atomic E-state index is 12.9. The molecule has 1 saturated heterocycles. The number of carbonyl (C=O) groups is 2. The van der Waals surface area contributed by atoms with Gasteiger partial charge in [-0.25, -0.2) is 0 Å². The summed E-state index contributed by atoms with van der Waals surface area (Å²) < 4.78 is 6.66. The molecular formula is C22H22I2N4O4. The molecule has 2 N–H and O–H groups in total. The fraction of sp³-hybridized carbons (Fsp3) is 0.318. The number of phenols is 1. The molecule has 2 aromatic rings. The number of nitriles is 1. The largest absolute Gasteiger partial charge is 0.506 e. The van der Waals surface area contributed by atoms with Crippen molar-refractivity contribution in [3.05, 3.63) is 54.7 Å². The van der Waals surface area contributed by atoms with Crippen molar-refractivity contribution in [3.8, 4) is 11.9 Å². The standard InChI is InChI=1S/C22H22I2N4O4/c1-27(13-25)22(31)19(12-14-10-17(23)20(29)18(24)11-14)26-21(30)15-2-4-16(5-3-15)28-6-8-32-9-7-28/h2-5,10-11,19,29H,6-9,12H2,1H3,(H,26,30). The van der Waals surface area contributed by atoms with Gasteiger partial charge in [-0.2, -0.15) is 5.26 Å². The van der Waals surface area contributed by atoms with Crippen LogP contribution in [-0.4, -0.2) is 61.2 Å². The average Bonchev–Trinajstić information content (AvgIpc) is 2.81. The van der Waals surface area contributed by atoms with E-state index in [1.165, 1.54) is 7.05 Å². The molecule has 0 radical (unpaired) electrons. The van der Waals surface area contributed by atoms with E-state index >= 15 is 0 Å². The van der Waals surface area contributed by atoms with Crippen molar-refractivity contribution in [2.24, 2.45) is 0 Å². The highest BCUT2D eigenvalue weighted by molar-refractivity contribution is 14.1. The molecule has 1 unspecified atom stereocenters. The van der Waals surface area contributed by atoms with Crippen LogP contribution in [0.3, 0.4) is 0 Å². The van der Waals surface area contributed by atoms with E-state index in [4.69, 9.17) is 10.00 Å². The molecule has 168 valence electrons. The highest BCUT2D eigenvalue weighted by Gasteiger charge is 2.26. The number of phenolic OH excluding ortho intramolecular Hbond substituents is 1. The van der Waals surface area contributed by atoms with Gasteiger partial charge in [0.05, 0.1) is 20.4 Å². The van der Waals surface area contributed by atoms with Crippen molar-refractivity contribution in [1.82, 2.24) is 10.2 Å². The van der Waals surface area contributed by atoms with Crippen molar-refractivity contribution in [2.45, 2.75) is 12.5 Å². The van der Waals surface area contributed by atoms with Gasteiger partial charge in [-0.1, -0.05) is 0 Å². The van der Waals surface area contributed by atoms with Crippen molar-refractivity contribution < 1.29 is 19.4 Å².